The lowest BCUT2D eigenvalue weighted by atomic mass is 10.1. The van der Waals surface area contributed by atoms with Crippen LogP contribution < -0.4 is 10.6 Å². The Kier molecular flexibility index (Phi) is 8.12. The minimum absolute atomic E-state index is 0.167. The standard InChI is InChI=1S/C33H34N6O3/c1-24-31(27-12-6-3-7-13-27)32-35-29(28-14-8-11-26(19-28)21-41-23-34)20-30(39(32)36-24)37-15-17-38(18-16-37)33(40)42-22-25-9-4-2-5-10-25/h2-14,19-20H,15-18,21-23,34H2,1H3. The minimum atomic E-state index is -0.295. The number of aromatic nitrogens is 3. The number of carbonyl (C=O) groups excluding carboxylic acids is 1. The Hall–Kier alpha value is -4.73. The van der Waals surface area contributed by atoms with E-state index in [-0.39, 0.29) is 19.4 Å². The van der Waals surface area contributed by atoms with Crippen molar-refractivity contribution in [3.63, 3.8) is 0 Å². The van der Waals surface area contributed by atoms with Crippen LogP contribution in [0.5, 0.6) is 0 Å². The van der Waals surface area contributed by atoms with Crippen molar-refractivity contribution in [1.29, 1.82) is 0 Å². The molecule has 0 saturated carbocycles. The molecule has 0 bridgehead atoms. The maximum atomic E-state index is 12.8. The Morgan fingerprint density at radius 3 is 2.26 bits per heavy atom. The van der Waals surface area contributed by atoms with Crippen molar-refractivity contribution in [3.05, 3.63) is 108 Å². The first-order valence-electron chi connectivity index (χ1n) is 14.1. The summed E-state index contributed by atoms with van der Waals surface area (Å²) in [7, 11) is 0. The van der Waals surface area contributed by atoms with Crippen LogP contribution in [0.2, 0.25) is 0 Å². The van der Waals surface area contributed by atoms with Crippen molar-refractivity contribution in [2.75, 3.05) is 37.8 Å². The third kappa shape index (κ3) is 5.83. The van der Waals surface area contributed by atoms with Gasteiger partial charge in [-0.05, 0) is 29.7 Å². The highest BCUT2D eigenvalue weighted by atomic mass is 16.6. The second-order valence-electron chi connectivity index (χ2n) is 10.3. The van der Waals surface area contributed by atoms with Crippen LogP contribution in [0.1, 0.15) is 16.8 Å². The van der Waals surface area contributed by atoms with E-state index in [1.165, 1.54) is 0 Å². The molecule has 1 aliphatic rings. The molecule has 2 aromatic heterocycles. The van der Waals surface area contributed by atoms with Crippen LogP contribution in [0.15, 0.2) is 91.0 Å². The molecule has 2 N–H and O–H groups in total. The van der Waals surface area contributed by atoms with Crippen LogP contribution in [0.4, 0.5) is 10.6 Å². The van der Waals surface area contributed by atoms with E-state index < -0.39 is 0 Å². The largest absolute Gasteiger partial charge is 0.445 e. The van der Waals surface area contributed by atoms with Crippen molar-refractivity contribution in [1.82, 2.24) is 19.5 Å². The number of ether oxygens (including phenoxy) is 2. The van der Waals surface area contributed by atoms with E-state index in [1.807, 2.05) is 72.1 Å². The molecule has 5 aromatic rings. The van der Waals surface area contributed by atoms with Crippen LogP contribution in [0, 0.1) is 6.92 Å². The van der Waals surface area contributed by atoms with Crippen LogP contribution in [0.25, 0.3) is 28.0 Å². The molecule has 9 nitrogen and oxygen atoms in total. The molecule has 1 saturated heterocycles. The summed E-state index contributed by atoms with van der Waals surface area (Å²) in [5, 5.41) is 4.95. The molecule has 6 rings (SSSR count). The fourth-order valence-corrected chi connectivity index (χ4v) is 5.35. The number of rotatable bonds is 8. The van der Waals surface area contributed by atoms with Gasteiger partial charge < -0.3 is 25.0 Å². The van der Waals surface area contributed by atoms with Crippen molar-refractivity contribution in [3.8, 4) is 22.4 Å². The summed E-state index contributed by atoms with van der Waals surface area (Å²) < 4.78 is 13.0. The second-order valence-corrected chi connectivity index (χ2v) is 10.3. The molecular weight excluding hydrogens is 528 g/mol. The molecular formula is C33H34N6O3. The summed E-state index contributed by atoms with van der Waals surface area (Å²) in [5.74, 6) is 0.932. The summed E-state index contributed by atoms with van der Waals surface area (Å²) in [6.07, 6.45) is -0.295. The molecule has 0 spiro atoms. The lowest BCUT2D eigenvalue weighted by Gasteiger charge is -2.35. The van der Waals surface area contributed by atoms with Gasteiger partial charge in [-0.15, -0.1) is 0 Å². The number of aryl methyl sites for hydroxylation is 1. The zero-order valence-corrected chi connectivity index (χ0v) is 23.6. The molecule has 1 fully saturated rings. The molecule has 214 valence electrons. The summed E-state index contributed by atoms with van der Waals surface area (Å²) in [5.41, 5.74) is 13.1. The number of fused-ring (bicyclic) bond motifs is 1. The number of piperazine rings is 1. The highest BCUT2D eigenvalue weighted by Crippen LogP contribution is 2.33. The topological polar surface area (TPSA) is 98.2 Å². The van der Waals surface area contributed by atoms with Crippen molar-refractivity contribution in [2.24, 2.45) is 5.73 Å². The average molecular weight is 563 g/mol. The van der Waals surface area contributed by atoms with E-state index in [0.717, 1.165) is 50.7 Å². The van der Waals surface area contributed by atoms with Crippen LogP contribution in [-0.4, -0.2) is 58.5 Å². The van der Waals surface area contributed by atoms with E-state index >= 15 is 0 Å². The molecule has 0 aliphatic carbocycles. The molecule has 0 unspecified atom stereocenters. The third-order valence-corrected chi connectivity index (χ3v) is 7.48. The lowest BCUT2D eigenvalue weighted by Crippen LogP contribution is -2.49. The van der Waals surface area contributed by atoms with Crippen molar-refractivity contribution in [2.45, 2.75) is 20.1 Å². The maximum absolute atomic E-state index is 12.8. The Labute approximate surface area is 245 Å². The number of hydrogen-bond donors (Lipinski definition) is 1. The smallest absolute Gasteiger partial charge is 0.410 e. The SMILES string of the molecule is Cc1nn2c(N3CCN(C(=O)OCc4ccccc4)CC3)cc(-c3cccc(COCN)c3)nc2c1-c1ccccc1. The highest BCUT2D eigenvalue weighted by Gasteiger charge is 2.26. The molecule has 3 aromatic carbocycles. The maximum Gasteiger partial charge on any atom is 0.410 e. The average Bonchev–Trinajstić information content (AvgIpc) is 3.38. The molecule has 42 heavy (non-hydrogen) atoms. The van der Waals surface area contributed by atoms with Gasteiger partial charge >= 0.3 is 6.09 Å². The van der Waals surface area contributed by atoms with Gasteiger partial charge in [-0.25, -0.2) is 9.78 Å². The van der Waals surface area contributed by atoms with Gasteiger partial charge in [0.1, 0.15) is 12.4 Å². The first-order chi connectivity index (χ1) is 20.6. The number of nitrogens with zero attached hydrogens (tertiary/aromatic N) is 5. The quantitative estimate of drug-likeness (QED) is 0.258. The summed E-state index contributed by atoms with van der Waals surface area (Å²) in [6.45, 7) is 5.26. The predicted molar refractivity (Wildman–Crippen MR) is 163 cm³/mol. The van der Waals surface area contributed by atoms with Gasteiger partial charge in [0.2, 0.25) is 0 Å². The normalized spacial score (nSPS) is 13.5. The molecule has 1 amide bonds. The van der Waals surface area contributed by atoms with E-state index in [4.69, 9.17) is 25.3 Å². The number of carbonyl (C=O) groups is 1. The monoisotopic (exact) mass is 562 g/mol. The van der Waals surface area contributed by atoms with Gasteiger partial charge in [-0.1, -0.05) is 78.9 Å². The zero-order chi connectivity index (χ0) is 28.9. The molecule has 0 atom stereocenters. The highest BCUT2D eigenvalue weighted by molar-refractivity contribution is 5.83. The number of hydrogen-bond acceptors (Lipinski definition) is 7. The summed E-state index contributed by atoms with van der Waals surface area (Å²) in [6, 6.07) is 30.2. The zero-order valence-electron chi connectivity index (χ0n) is 23.6. The van der Waals surface area contributed by atoms with Gasteiger partial charge in [0.05, 0.1) is 24.7 Å². The van der Waals surface area contributed by atoms with Crippen LogP contribution in [-0.2, 0) is 22.7 Å². The lowest BCUT2D eigenvalue weighted by molar-refractivity contribution is 0.0941. The van der Waals surface area contributed by atoms with Gasteiger partial charge in [0.15, 0.2) is 5.65 Å². The first kappa shape index (κ1) is 27.4. The van der Waals surface area contributed by atoms with Gasteiger partial charge in [-0.2, -0.15) is 9.61 Å². The summed E-state index contributed by atoms with van der Waals surface area (Å²) >= 11 is 0. The fraction of sp³-hybridized carbons (Fsp3) is 0.242. The predicted octanol–water partition coefficient (Wildman–Crippen LogP) is 5.26. The van der Waals surface area contributed by atoms with Crippen LogP contribution in [0.3, 0.4) is 0 Å². The molecule has 0 radical (unpaired) electrons. The van der Waals surface area contributed by atoms with Gasteiger partial charge in [0, 0.05) is 43.4 Å². The molecule has 9 heteroatoms. The Balaban J connectivity index is 1.31. The van der Waals surface area contributed by atoms with E-state index in [9.17, 15) is 4.79 Å². The second kappa shape index (κ2) is 12.4. The number of amides is 1. The number of benzene rings is 3. The summed E-state index contributed by atoms with van der Waals surface area (Å²) in [4.78, 5) is 22.0. The van der Waals surface area contributed by atoms with E-state index in [2.05, 4.69) is 35.2 Å². The molecule has 3 heterocycles. The minimum Gasteiger partial charge on any atom is -0.445 e. The van der Waals surface area contributed by atoms with E-state index in [0.29, 0.717) is 32.8 Å². The third-order valence-electron chi connectivity index (χ3n) is 7.48. The van der Waals surface area contributed by atoms with E-state index in [1.54, 1.807) is 4.90 Å². The Bertz CT molecular complexity index is 1660. The van der Waals surface area contributed by atoms with Crippen molar-refractivity contribution >= 4 is 17.6 Å². The number of nitrogens with two attached hydrogens (primary N) is 1. The van der Waals surface area contributed by atoms with Crippen LogP contribution >= 0.6 is 0 Å². The molecule has 1 aliphatic heterocycles. The first-order valence-corrected chi connectivity index (χ1v) is 14.1. The van der Waals surface area contributed by atoms with Crippen molar-refractivity contribution < 1.29 is 14.3 Å². The Morgan fingerprint density at radius 2 is 1.52 bits per heavy atom. The van der Waals surface area contributed by atoms with Gasteiger partial charge in [-0.3, -0.25) is 0 Å². The fourth-order valence-electron chi connectivity index (χ4n) is 5.35. The number of anilines is 1. The Morgan fingerprint density at radius 1 is 0.833 bits per heavy atom. The van der Waals surface area contributed by atoms with Gasteiger partial charge in [0.25, 0.3) is 0 Å².